The summed E-state index contributed by atoms with van der Waals surface area (Å²) in [5.41, 5.74) is 7.40. The molecule has 19 heavy (non-hydrogen) atoms. The summed E-state index contributed by atoms with van der Waals surface area (Å²) in [5.74, 6) is 2.55. The molecular formula is C15H22N2O2. The number of hydrogen-bond donors (Lipinski definition) is 1. The SMILES string of the molecule is CN(CC1CC1)CC(N)c1ccc2c(c1)OCCO2. The highest BCUT2D eigenvalue weighted by molar-refractivity contribution is 5.44. The van der Waals surface area contributed by atoms with Gasteiger partial charge in [-0.05, 0) is 43.5 Å². The molecule has 1 aliphatic heterocycles. The minimum absolute atomic E-state index is 0.0274. The number of rotatable bonds is 5. The van der Waals surface area contributed by atoms with Gasteiger partial charge >= 0.3 is 0 Å². The fourth-order valence-electron chi connectivity index (χ4n) is 2.55. The lowest BCUT2D eigenvalue weighted by Crippen LogP contribution is -2.30. The van der Waals surface area contributed by atoms with Gasteiger partial charge in [0.25, 0.3) is 0 Å². The van der Waals surface area contributed by atoms with Crippen LogP contribution in [0.2, 0.25) is 0 Å². The van der Waals surface area contributed by atoms with Crippen LogP contribution >= 0.6 is 0 Å². The van der Waals surface area contributed by atoms with E-state index >= 15 is 0 Å². The van der Waals surface area contributed by atoms with E-state index in [-0.39, 0.29) is 6.04 Å². The summed E-state index contributed by atoms with van der Waals surface area (Å²) in [7, 11) is 2.15. The molecule has 1 aliphatic carbocycles. The van der Waals surface area contributed by atoms with Crippen molar-refractivity contribution in [1.29, 1.82) is 0 Å². The van der Waals surface area contributed by atoms with Crippen molar-refractivity contribution in [1.82, 2.24) is 4.90 Å². The summed E-state index contributed by atoms with van der Waals surface area (Å²) in [4.78, 5) is 2.33. The molecule has 0 amide bonds. The van der Waals surface area contributed by atoms with Crippen LogP contribution in [0.3, 0.4) is 0 Å². The van der Waals surface area contributed by atoms with Crippen LogP contribution in [0.4, 0.5) is 0 Å². The Hall–Kier alpha value is -1.26. The van der Waals surface area contributed by atoms with Crippen LogP contribution in [0.5, 0.6) is 11.5 Å². The lowest BCUT2D eigenvalue weighted by atomic mass is 10.1. The molecule has 1 heterocycles. The zero-order chi connectivity index (χ0) is 13.2. The van der Waals surface area contributed by atoms with Gasteiger partial charge in [-0.2, -0.15) is 0 Å². The smallest absolute Gasteiger partial charge is 0.161 e. The van der Waals surface area contributed by atoms with Gasteiger partial charge in [-0.15, -0.1) is 0 Å². The van der Waals surface area contributed by atoms with Gasteiger partial charge in [0.05, 0.1) is 0 Å². The summed E-state index contributed by atoms with van der Waals surface area (Å²) in [6, 6.07) is 6.05. The Kier molecular flexibility index (Phi) is 3.62. The monoisotopic (exact) mass is 262 g/mol. The van der Waals surface area contributed by atoms with E-state index in [9.17, 15) is 0 Å². The molecule has 1 atom stereocenters. The van der Waals surface area contributed by atoms with Crippen molar-refractivity contribution in [3.63, 3.8) is 0 Å². The van der Waals surface area contributed by atoms with E-state index in [2.05, 4.69) is 11.9 Å². The van der Waals surface area contributed by atoms with Crippen molar-refractivity contribution in [3.05, 3.63) is 23.8 Å². The maximum Gasteiger partial charge on any atom is 0.161 e. The van der Waals surface area contributed by atoms with Crippen LogP contribution in [0, 0.1) is 5.92 Å². The van der Waals surface area contributed by atoms with Crippen LogP contribution in [-0.2, 0) is 0 Å². The zero-order valence-electron chi connectivity index (χ0n) is 11.5. The number of nitrogens with two attached hydrogens (primary N) is 1. The van der Waals surface area contributed by atoms with Crippen molar-refractivity contribution in [2.24, 2.45) is 11.7 Å². The third kappa shape index (κ3) is 3.19. The van der Waals surface area contributed by atoms with E-state index in [1.165, 1.54) is 12.8 Å². The Labute approximate surface area is 114 Å². The first-order chi connectivity index (χ1) is 9.22. The normalized spacial score (nSPS) is 19.5. The lowest BCUT2D eigenvalue weighted by Gasteiger charge is -2.23. The van der Waals surface area contributed by atoms with E-state index < -0.39 is 0 Å². The van der Waals surface area contributed by atoms with E-state index in [0.717, 1.165) is 36.1 Å². The Morgan fingerprint density at radius 2 is 2.00 bits per heavy atom. The molecule has 0 radical (unpaired) electrons. The molecule has 4 nitrogen and oxygen atoms in total. The van der Waals surface area contributed by atoms with Crippen LogP contribution in [0.25, 0.3) is 0 Å². The van der Waals surface area contributed by atoms with Crippen LogP contribution in [0.15, 0.2) is 18.2 Å². The Balaban J connectivity index is 1.63. The maximum atomic E-state index is 6.29. The van der Waals surface area contributed by atoms with Crippen LogP contribution in [-0.4, -0.2) is 38.3 Å². The minimum atomic E-state index is 0.0274. The fourth-order valence-corrected chi connectivity index (χ4v) is 2.55. The molecule has 0 spiro atoms. The van der Waals surface area contributed by atoms with Gasteiger partial charge in [0, 0.05) is 19.1 Å². The average molecular weight is 262 g/mol. The van der Waals surface area contributed by atoms with Gasteiger partial charge in [-0.25, -0.2) is 0 Å². The second kappa shape index (κ2) is 5.39. The van der Waals surface area contributed by atoms with E-state index in [1.54, 1.807) is 0 Å². The van der Waals surface area contributed by atoms with Crippen molar-refractivity contribution in [2.45, 2.75) is 18.9 Å². The Morgan fingerprint density at radius 1 is 1.26 bits per heavy atom. The Morgan fingerprint density at radius 3 is 2.74 bits per heavy atom. The van der Waals surface area contributed by atoms with E-state index in [4.69, 9.17) is 15.2 Å². The maximum absolute atomic E-state index is 6.29. The molecule has 2 N–H and O–H groups in total. The van der Waals surface area contributed by atoms with Gasteiger partial charge in [-0.1, -0.05) is 6.07 Å². The largest absolute Gasteiger partial charge is 0.486 e. The molecule has 1 aromatic carbocycles. The minimum Gasteiger partial charge on any atom is -0.486 e. The number of likely N-dealkylation sites (N-methyl/N-ethyl adjacent to an activating group) is 1. The van der Waals surface area contributed by atoms with Crippen molar-refractivity contribution >= 4 is 0 Å². The molecule has 2 aliphatic rings. The number of ether oxygens (including phenoxy) is 2. The zero-order valence-corrected chi connectivity index (χ0v) is 11.5. The molecule has 4 heteroatoms. The Bertz CT molecular complexity index is 446. The molecule has 104 valence electrons. The lowest BCUT2D eigenvalue weighted by molar-refractivity contribution is 0.171. The molecule has 0 bridgehead atoms. The standard InChI is InChI=1S/C15H22N2O2/c1-17(9-11-2-3-11)10-13(16)12-4-5-14-15(8-12)19-7-6-18-14/h4-5,8,11,13H,2-3,6-7,9-10,16H2,1H3. The highest BCUT2D eigenvalue weighted by Gasteiger charge is 2.24. The highest BCUT2D eigenvalue weighted by Crippen LogP contribution is 2.33. The molecule has 1 fully saturated rings. The van der Waals surface area contributed by atoms with Crippen molar-refractivity contribution in [3.8, 4) is 11.5 Å². The van der Waals surface area contributed by atoms with Gasteiger partial charge in [0.15, 0.2) is 11.5 Å². The summed E-state index contributed by atoms with van der Waals surface area (Å²) >= 11 is 0. The molecule has 0 saturated heterocycles. The molecule has 1 unspecified atom stereocenters. The molecule has 1 aromatic rings. The number of nitrogens with zero attached hydrogens (tertiary/aromatic N) is 1. The second-order valence-electron chi connectivity index (χ2n) is 5.67. The fraction of sp³-hybridized carbons (Fsp3) is 0.600. The summed E-state index contributed by atoms with van der Waals surface area (Å²) in [6.45, 7) is 3.30. The predicted octanol–water partition coefficient (Wildman–Crippen LogP) is 1.80. The summed E-state index contributed by atoms with van der Waals surface area (Å²) in [6.07, 6.45) is 2.76. The summed E-state index contributed by atoms with van der Waals surface area (Å²) < 4.78 is 11.1. The van der Waals surface area contributed by atoms with Crippen molar-refractivity contribution < 1.29 is 9.47 Å². The predicted molar refractivity (Wildman–Crippen MR) is 74.6 cm³/mol. The van der Waals surface area contributed by atoms with Gasteiger partial charge < -0.3 is 20.1 Å². The summed E-state index contributed by atoms with van der Waals surface area (Å²) in [5, 5.41) is 0. The van der Waals surface area contributed by atoms with Gasteiger partial charge in [-0.3, -0.25) is 0 Å². The van der Waals surface area contributed by atoms with E-state index in [1.807, 2.05) is 18.2 Å². The molecule has 1 saturated carbocycles. The molecular weight excluding hydrogens is 240 g/mol. The quantitative estimate of drug-likeness (QED) is 0.879. The average Bonchev–Trinajstić information content (AvgIpc) is 3.21. The van der Waals surface area contributed by atoms with Crippen LogP contribution in [0.1, 0.15) is 24.4 Å². The topological polar surface area (TPSA) is 47.7 Å². The first kappa shape index (κ1) is 12.8. The first-order valence-corrected chi connectivity index (χ1v) is 7.06. The third-order valence-corrected chi connectivity index (χ3v) is 3.77. The first-order valence-electron chi connectivity index (χ1n) is 7.06. The second-order valence-corrected chi connectivity index (χ2v) is 5.67. The molecule has 0 aromatic heterocycles. The van der Waals surface area contributed by atoms with Gasteiger partial charge in [0.2, 0.25) is 0 Å². The highest BCUT2D eigenvalue weighted by atomic mass is 16.6. The number of benzene rings is 1. The van der Waals surface area contributed by atoms with E-state index in [0.29, 0.717) is 13.2 Å². The van der Waals surface area contributed by atoms with Crippen LogP contribution < -0.4 is 15.2 Å². The van der Waals surface area contributed by atoms with Gasteiger partial charge in [0.1, 0.15) is 13.2 Å². The number of fused-ring (bicyclic) bond motifs is 1. The van der Waals surface area contributed by atoms with Crippen molar-refractivity contribution in [2.75, 3.05) is 33.4 Å². The number of hydrogen-bond acceptors (Lipinski definition) is 4. The third-order valence-electron chi connectivity index (χ3n) is 3.77. The molecule has 3 rings (SSSR count).